The van der Waals surface area contributed by atoms with Crippen LogP contribution >= 0.6 is 0 Å². The van der Waals surface area contributed by atoms with E-state index in [1.165, 1.54) is 0 Å². The molecule has 0 aromatic heterocycles. The van der Waals surface area contributed by atoms with Gasteiger partial charge in [0.05, 0.1) is 12.0 Å². The summed E-state index contributed by atoms with van der Waals surface area (Å²) >= 11 is 0. The van der Waals surface area contributed by atoms with Gasteiger partial charge < -0.3 is 15.3 Å². The molecule has 3 atom stereocenters. The summed E-state index contributed by atoms with van der Waals surface area (Å²) < 4.78 is 0. The van der Waals surface area contributed by atoms with Crippen LogP contribution in [-0.2, 0) is 14.4 Å². The number of amides is 2. The fraction of sp³-hybridized carbons (Fsp3) is 0.591. The molecule has 2 fully saturated rings. The van der Waals surface area contributed by atoms with Crippen molar-refractivity contribution >= 4 is 17.8 Å². The molecule has 0 bridgehead atoms. The third-order valence-corrected chi connectivity index (χ3v) is 6.12. The first-order chi connectivity index (χ1) is 13.5. The Morgan fingerprint density at radius 3 is 2.64 bits per heavy atom. The van der Waals surface area contributed by atoms with Crippen molar-refractivity contribution in [2.24, 2.45) is 5.92 Å². The first-order valence-corrected chi connectivity index (χ1v) is 10.4. The molecule has 6 nitrogen and oxygen atoms in total. The molecule has 0 saturated carbocycles. The Morgan fingerprint density at radius 2 is 1.96 bits per heavy atom. The van der Waals surface area contributed by atoms with Crippen molar-refractivity contribution in [2.45, 2.75) is 69.9 Å². The molecule has 6 heteroatoms. The van der Waals surface area contributed by atoms with Crippen molar-refractivity contribution in [1.29, 1.82) is 0 Å². The van der Waals surface area contributed by atoms with E-state index in [1.54, 1.807) is 4.90 Å². The third kappa shape index (κ3) is 3.77. The number of carbonyl (C=O) groups excluding carboxylic acids is 2. The summed E-state index contributed by atoms with van der Waals surface area (Å²) in [6.07, 6.45) is 5.38. The highest BCUT2D eigenvalue weighted by molar-refractivity contribution is 5.94. The number of carbonyl (C=O) groups is 3. The lowest BCUT2D eigenvalue weighted by atomic mass is 9.85. The number of aliphatic carboxylic acids is 1. The van der Waals surface area contributed by atoms with Gasteiger partial charge in [0.2, 0.25) is 11.8 Å². The van der Waals surface area contributed by atoms with Gasteiger partial charge in [0.1, 0.15) is 5.54 Å². The molecule has 2 aliphatic rings. The summed E-state index contributed by atoms with van der Waals surface area (Å²) in [7, 11) is 0. The average Bonchev–Trinajstić information content (AvgIpc) is 2.94. The van der Waals surface area contributed by atoms with Gasteiger partial charge in [-0.05, 0) is 37.7 Å². The second kappa shape index (κ2) is 8.76. The van der Waals surface area contributed by atoms with Gasteiger partial charge in [0, 0.05) is 13.0 Å². The van der Waals surface area contributed by atoms with Gasteiger partial charge in [-0.2, -0.15) is 0 Å². The molecule has 2 N–H and O–H groups in total. The van der Waals surface area contributed by atoms with Crippen LogP contribution in [0.1, 0.15) is 69.9 Å². The van der Waals surface area contributed by atoms with E-state index in [0.717, 1.165) is 37.7 Å². The molecular weight excluding hydrogens is 356 g/mol. The quantitative estimate of drug-likeness (QED) is 0.735. The molecule has 1 aromatic carbocycles. The Bertz CT molecular complexity index is 721. The van der Waals surface area contributed by atoms with Crippen LogP contribution in [0.3, 0.4) is 0 Å². The highest BCUT2D eigenvalue weighted by Gasteiger charge is 2.59. The second-order valence-corrected chi connectivity index (χ2v) is 7.97. The molecule has 28 heavy (non-hydrogen) atoms. The van der Waals surface area contributed by atoms with Gasteiger partial charge in [0.25, 0.3) is 0 Å². The van der Waals surface area contributed by atoms with Crippen molar-refractivity contribution in [3.05, 3.63) is 35.9 Å². The zero-order valence-corrected chi connectivity index (χ0v) is 16.5. The van der Waals surface area contributed by atoms with Crippen LogP contribution < -0.4 is 5.32 Å². The molecule has 0 aliphatic carbocycles. The lowest BCUT2D eigenvalue weighted by Crippen LogP contribution is -2.57. The Kier molecular flexibility index (Phi) is 6.37. The number of hydrogen-bond donors (Lipinski definition) is 2. The lowest BCUT2D eigenvalue weighted by molar-refractivity contribution is -0.148. The number of carboxylic acid groups (broad SMARTS) is 1. The van der Waals surface area contributed by atoms with Gasteiger partial charge in [-0.25, -0.2) is 0 Å². The number of hydrogen-bond acceptors (Lipinski definition) is 3. The Morgan fingerprint density at radius 1 is 1.21 bits per heavy atom. The van der Waals surface area contributed by atoms with Crippen LogP contribution in [0.2, 0.25) is 0 Å². The molecule has 2 amide bonds. The minimum Gasteiger partial charge on any atom is -0.481 e. The van der Waals surface area contributed by atoms with E-state index >= 15 is 0 Å². The predicted octanol–water partition coefficient (Wildman–Crippen LogP) is 3.28. The number of rotatable bonds is 6. The fourth-order valence-electron chi connectivity index (χ4n) is 4.76. The number of nitrogens with one attached hydrogen (secondary N) is 1. The largest absolute Gasteiger partial charge is 0.481 e. The summed E-state index contributed by atoms with van der Waals surface area (Å²) in [4.78, 5) is 40.3. The normalized spacial score (nSPS) is 27.5. The zero-order valence-electron chi connectivity index (χ0n) is 16.5. The van der Waals surface area contributed by atoms with E-state index in [-0.39, 0.29) is 18.2 Å². The van der Waals surface area contributed by atoms with Gasteiger partial charge >= 0.3 is 5.97 Å². The smallest absolute Gasteiger partial charge is 0.309 e. The first-order valence-electron chi connectivity index (χ1n) is 10.4. The maximum absolute atomic E-state index is 13.4. The highest BCUT2D eigenvalue weighted by Crippen LogP contribution is 2.50. The Hall–Kier alpha value is -2.37. The molecule has 3 rings (SSSR count). The summed E-state index contributed by atoms with van der Waals surface area (Å²) in [5.41, 5.74) is -0.281. The number of unbranched alkanes of at least 4 members (excludes halogenated alkanes) is 2. The lowest BCUT2D eigenvalue weighted by Gasteiger charge is -2.39. The Labute approximate surface area is 166 Å². The maximum atomic E-state index is 13.4. The van der Waals surface area contributed by atoms with Crippen LogP contribution in [0.5, 0.6) is 0 Å². The Balaban J connectivity index is 2.06. The molecule has 152 valence electrons. The standard InChI is InChI=1S/C22H30N2O4/c1-2-3-5-12-18(25)24-19(16-10-6-4-7-11-16)17(20(26)27)15-22(24)13-8-9-14-23-21(22)28/h4,6-7,10-11,17,19H,2-3,5,8-9,12-15H2,1H3,(H,23,28)(H,26,27)/t17-,19-,22-/m0/s1. The van der Waals surface area contributed by atoms with E-state index in [0.29, 0.717) is 19.4 Å². The minimum atomic E-state index is -1.07. The predicted molar refractivity (Wildman–Crippen MR) is 106 cm³/mol. The van der Waals surface area contributed by atoms with E-state index in [9.17, 15) is 19.5 Å². The summed E-state index contributed by atoms with van der Waals surface area (Å²) in [6.45, 7) is 2.65. The van der Waals surface area contributed by atoms with Gasteiger partial charge in [0.15, 0.2) is 0 Å². The van der Waals surface area contributed by atoms with Crippen LogP contribution in [0.15, 0.2) is 30.3 Å². The van der Waals surface area contributed by atoms with Crippen molar-refractivity contribution in [2.75, 3.05) is 6.54 Å². The number of nitrogens with zero attached hydrogens (tertiary/aromatic N) is 1. The molecule has 1 spiro atoms. The first kappa shape index (κ1) is 20.4. The SMILES string of the molecule is CCCCCC(=O)N1[C@@H](c2ccccc2)[C@@H](C(=O)O)C[C@]12CCCCNC2=O. The average molecular weight is 386 g/mol. The molecule has 2 aliphatic heterocycles. The van der Waals surface area contributed by atoms with Gasteiger partial charge in [-0.15, -0.1) is 0 Å². The second-order valence-electron chi connectivity index (χ2n) is 7.97. The zero-order chi connectivity index (χ0) is 20.1. The highest BCUT2D eigenvalue weighted by atomic mass is 16.4. The fourth-order valence-corrected chi connectivity index (χ4v) is 4.76. The summed E-state index contributed by atoms with van der Waals surface area (Å²) in [5.74, 6) is -2.04. The maximum Gasteiger partial charge on any atom is 0.309 e. The van der Waals surface area contributed by atoms with Crippen LogP contribution in [0.4, 0.5) is 0 Å². The van der Waals surface area contributed by atoms with Crippen molar-refractivity contribution < 1.29 is 19.5 Å². The van der Waals surface area contributed by atoms with E-state index < -0.39 is 23.5 Å². The van der Waals surface area contributed by atoms with Crippen LogP contribution in [-0.4, -0.2) is 39.9 Å². The number of carboxylic acids is 1. The van der Waals surface area contributed by atoms with Crippen molar-refractivity contribution in [3.8, 4) is 0 Å². The topological polar surface area (TPSA) is 86.7 Å². The van der Waals surface area contributed by atoms with Gasteiger partial charge in [-0.3, -0.25) is 14.4 Å². The van der Waals surface area contributed by atoms with Crippen LogP contribution in [0, 0.1) is 5.92 Å². The molecule has 0 unspecified atom stereocenters. The molecule has 2 heterocycles. The van der Waals surface area contributed by atoms with Crippen LogP contribution in [0.25, 0.3) is 0 Å². The monoisotopic (exact) mass is 386 g/mol. The number of benzene rings is 1. The minimum absolute atomic E-state index is 0.108. The molecule has 1 aromatic rings. The molecular formula is C22H30N2O4. The van der Waals surface area contributed by atoms with Crippen molar-refractivity contribution in [3.63, 3.8) is 0 Å². The van der Waals surface area contributed by atoms with E-state index in [2.05, 4.69) is 12.2 Å². The summed E-state index contributed by atoms with van der Waals surface area (Å²) in [6, 6.07) is 8.69. The summed E-state index contributed by atoms with van der Waals surface area (Å²) in [5, 5.41) is 12.9. The van der Waals surface area contributed by atoms with Gasteiger partial charge in [-0.1, -0.05) is 50.1 Å². The van der Waals surface area contributed by atoms with E-state index in [1.807, 2.05) is 30.3 Å². The molecule has 0 radical (unpaired) electrons. The van der Waals surface area contributed by atoms with E-state index in [4.69, 9.17) is 0 Å². The van der Waals surface area contributed by atoms with Crippen molar-refractivity contribution in [1.82, 2.24) is 10.2 Å². The number of likely N-dealkylation sites (tertiary alicyclic amines) is 1. The molecule has 2 saturated heterocycles. The third-order valence-electron chi connectivity index (χ3n) is 6.12.